The Kier molecular flexibility index (Phi) is 7.34. The van der Waals surface area contributed by atoms with Gasteiger partial charge in [0.05, 0.1) is 13.7 Å². The lowest BCUT2D eigenvalue weighted by Crippen LogP contribution is -2.34. The molecule has 0 bridgehead atoms. The van der Waals surface area contributed by atoms with Crippen LogP contribution in [-0.4, -0.2) is 41.2 Å². The van der Waals surface area contributed by atoms with E-state index in [0.29, 0.717) is 12.4 Å². The molecule has 3 aromatic rings. The van der Waals surface area contributed by atoms with Crippen molar-refractivity contribution in [3.63, 3.8) is 0 Å². The highest BCUT2D eigenvalue weighted by atomic mass is 19.1. The van der Waals surface area contributed by atoms with E-state index in [1.54, 1.807) is 18.2 Å². The van der Waals surface area contributed by atoms with Gasteiger partial charge in [-0.2, -0.15) is 0 Å². The number of carbonyl (C=O) groups excluding carboxylic acids is 1. The molecule has 1 N–H and O–H groups in total. The summed E-state index contributed by atoms with van der Waals surface area (Å²) in [4.78, 5) is 18.8. The quantitative estimate of drug-likeness (QED) is 0.585. The van der Waals surface area contributed by atoms with Gasteiger partial charge < -0.3 is 19.5 Å². The number of halogens is 1. The molecule has 0 aliphatic heterocycles. The molecule has 0 saturated carbocycles. The van der Waals surface area contributed by atoms with Gasteiger partial charge in [0.1, 0.15) is 12.4 Å². The molecular weight excluding hydrogens is 387 g/mol. The van der Waals surface area contributed by atoms with Crippen LogP contribution < -0.4 is 9.47 Å². The van der Waals surface area contributed by atoms with Crippen LogP contribution in [0.25, 0.3) is 0 Å². The number of pyridine rings is 1. The van der Waals surface area contributed by atoms with Crippen molar-refractivity contribution in [2.45, 2.75) is 13.2 Å². The number of aliphatic hydroxyl groups excluding tert-OH is 1. The third kappa shape index (κ3) is 5.33. The fraction of sp³-hybridized carbons (Fsp3) is 0.217. The van der Waals surface area contributed by atoms with Crippen LogP contribution in [0.1, 0.15) is 21.6 Å². The minimum Gasteiger partial charge on any atom is -0.491 e. The number of aromatic nitrogens is 1. The fourth-order valence-corrected chi connectivity index (χ4v) is 2.96. The summed E-state index contributed by atoms with van der Waals surface area (Å²) in [5.74, 6) is -0.160. The number of rotatable bonds is 9. The molecule has 3 rings (SSSR count). The first-order chi connectivity index (χ1) is 14.6. The first kappa shape index (κ1) is 21.3. The van der Waals surface area contributed by atoms with E-state index in [4.69, 9.17) is 9.47 Å². The van der Waals surface area contributed by atoms with E-state index in [9.17, 15) is 14.3 Å². The summed E-state index contributed by atoms with van der Waals surface area (Å²) in [7, 11) is 1.44. The van der Waals surface area contributed by atoms with Crippen molar-refractivity contribution in [2.75, 3.05) is 20.3 Å². The average Bonchev–Trinajstić information content (AvgIpc) is 2.78. The van der Waals surface area contributed by atoms with Crippen molar-refractivity contribution in [3.05, 3.63) is 89.5 Å². The van der Waals surface area contributed by atoms with Gasteiger partial charge in [-0.15, -0.1) is 0 Å². The van der Waals surface area contributed by atoms with Gasteiger partial charge in [0.2, 0.25) is 0 Å². The fourth-order valence-electron chi connectivity index (χ4n) is 2.96. The number of ether oxygens (including phenoxy) is 2. The zero-order valence-corrected chi connectivity index (χ0v) is 16.6. The SMILES string of the molecule is COc1c(OCc2ccccc2)ccnc1C(=O)N(CCO)Cc1ccc(F)cc1. The maximum Gasteiger partial charge on any atom is 0.276 e. The van der Waals surface area contributed by atoms with Gasteiger partial charge >= 0.3 is 0 Å². The highest BCUT2D eigenvalue weighted by Gasteiger charge is 2.24. The summed E-state index contributed by atoms with van der Waals surface area (Å²) < 4.78 is 24.5. The summed E-state index contributed by atoms with van der Waals surface area (Å²) in [5, 5.41) is 9.42. The largest absolute Gasteiger partial charge is 0.491 e. The third-order valence-corrected chi connectivity index (χ3v) is 4.46. The van der Waals surface area contributed by atoms with Crippen LogP contribution in [0.3, 0.4) is 0 Å². The van der Waals surface area contributed by atoms with E-state index in [0.717, 1.165) is 11.1 Å². The highest BCUT2D eigenvalue weighted by molar-refractivity contribution is 5.95. The number of amides is 1. The Morgan fingerprint density at radius 2 is 1.80 bits per heavy atom. The molecule has 0 radical (unpaired) electrons. The summed E-state index contributed by atoms with van der Waals surface area (Å²) in [6, 6.07) is 17.1. The van der Waals surface area contributed by atoms with Crippen molar-refractivity contribution >= 4 is 5.91 Å². The van der Waals surface area contributed by atoms with Crippen molar-refractivity contribution in [3.8, 4) is 11.5 Å². The van der Waals surface area contributed by atoms with Gasteiger partial charge in [-0.05, 0) is 23.3 Å². The molecule has 0 fully saturated rings. The molecule has 0 unspecified atom stereocenters. The predicted octanol–water partition coefficient (Wildman–Crippen LogP) is 3.44. The lowest BCUT2D eigenvalue weighted by molar-refractivity contribution is 0.0697. The van der Waals surface area contributed by atoms with Crippen molar-refractivity contribution in [1.82, 2.24) is 9.88 Å². The Labute approximate surface area is 174 Å². The van der Waals surface area contributed by atoms with Crippen LogP contribution in [-0.2, 0) is 13.2 Å². The minimum atomic E-state index is -0.421. The molecule has 0 saturated heterocycles. The summed E-state index contributed by atoms with van der Waals surface area (Å²) in [6.45, 7) is 0.375. The van der Waals surface area contributed by atoms with Gasteiger partial charge in [-0.25, -0.2) is 9.37 Å². The summed E-state index contributed by atoms with van der Waals surface area (Å²) in [6.07, 6.45) is 1.48. The smallest absolute Gasteiger partial charge is 0.276 e. The molecule has 1 heterocycles. The molecule has 0 spiro atoms. The Morgan fingerprint density at radius 1 is 1.07 bits per heavy atom. The highest BCUT2D eigenvalue weighted by Crippen LogP contribution is 2.31. The molecule has 2 aromatic carbocycles. The number of methoxy groups -OCH3 is 1. The van der Waals surface area contributed by atoms with E-state index in [1.807, 2.05) is 30.3 Å². The van der Waals surface area contributed by atoms with Crippen LogP contribution >= 0.6 is 0 Å². The van der Waals surface area contributed by atoms with Gasteiger partial charge in [0.15, 0.2) is 17.2 Å². The standard InChI is InChI=1S/C23H23FN2O4/c1-29-22-20(30-16-18-5-3-2-4-6-18)11-12-25-21(22)23(28)26(13-14-27)15-17-7-9-19(24)10-8-17/h2-12,27H,13-16H2,1H3. The second-order valence-electron chi connectivity index (χ2n) is 6.54. The zero-order valence-electron chi connectivity index (χ0n) is 16.6. The maximum absolute atomic E-state index is 13.2. The van der Waals surface area contributed by atoms with Crippen LogP contribution in [0.5, 0.6) is 11.5 Å². The first-order valence-electron chi connectivity index (χ1n) is 9.46. The van der Waals surface area contributed by atoms with Crippen LogP contribution in [0.4, 0.5) is 4.39 Å². The zero-order chi connectivity index (χ0) is 21.3. The normalized spacial score (nSPS) is 10.5. The van der Waals surface area contributed by atoms with Crippen molar-refractivity contribution in [2.24, 2.45) is 0 Å². The Hall–Kier alpha value is -3.45. The minimum absolute atomic E-state index is 0.0821. The number of benzene rings is 2. The van der Waals surface area contributed by atoms with Gasteiger partial charge in [0.25, 0.3) is 5.91 Å². The van der Waals surface area contributed by atoms with E-state index < -0.39 is 5.91 Å². The van der Waals surface area contributed by atoms with Crippen molar-refractivity contribution in [1.29, 1.82) is 0 Å². The molecule has 0 atom stereocenters. The number of nitrogens with zero attached hydrogens (tertiary/aromatic N) is 2. The van der Waals surface area contributed by atoms with E-state index in [2.05, 4.69) is 4.98 Å². The first-order valence-corrected chi connectivity index (χ1v) is 9.46. The van der Waals surface area contributed by atoms with Gasteiger partial charge in [-0.3, -0.25) is 4.79 Å². The molecule has 0 aliphatic rings. The van der Waals surface area contributed by atoms with Crippen LogP contribution in [0.2, 0.25) is 0 Å². The predicted molar refractivity (Wildman–Crippen MR) is 110 cm³/mol. The summed E-state index contributed by atoms with van der Waals surface area (Å²) >= 11 is 0. The number of aliphatic hydroxyl groups is 1. The number of hydrogen-bond acceptors (Lipinski definition) is 5. The van der Waals surface area contributed by atoms with Gasteiger partial charge in [-0.1, -0.05) is 42.5 Å². The molecule has 156 valence electrons. The Morgan fingerprint density at radius 3 is 2.47 bits per heavy atom. The van der Waals surface area contributed by atoms with Crippen LogP contribution in [0.15, 0.2) is 66.9 Å². The van der Waals surface area contributed by atoms with Crippen LogP contribution in [0, 0.1) is 5.82 Å². The molecular formula is C23H23FN2O4. The maximum atomic E-state index is 13.2. The lowest BCUT2D eigenvalue weighted by atomic mass is 10.2. The molecule has 1 aromatic heterocycles. The monoisotopic (exact) mass is 410 g/mol. The molecule has 30 heavy (non-hydrogen) atoms. The molecule has 6 nitrogen and oxygen atoms in total. The molecule has 0 aliphatic carbocycles. The van der Waals surface area contributed by atoms with E-state index in [-0.39, 0.29) is 37.0 Å². The second-order valence-corrected chi connectivity index (χ2v) is 6.54. The summed E-state index contributed by atoms with van der Waals surface area (Å²) in [5.41, 5.74) is 1.79. The van der Waals surface area contributed by atoms with E-state index >= 15 is 0 Å². The Balaban J connectivity index is 1.82. The molecule has 7 heteroatoms. The van der Waals surface area contributed by atoms with E-state index in [1.165, 1.54) is 30.3 Å². The lowest BCUT2D eigenvalue weighted by Gasteiger charge is -2.23. The molecule has 1 amide bonds. The number of hydrogen-bond donors (Lipinski definition) is 1. The van der Waals surface area contributed by atoms with Crippen molar-refractivity contribution < 1.29 is 23.8 Å². The topological polar surface area (TPSA) is 71.9 Å². The third-order valence-electron chi connectivity index (χ3n) is 4.46. The average molecular weight is 410 g/mol. The number of carbonyl (C=O) groups is 1. The Bertz CT molecular complexity index is 965. The van der Waals surface area contributed by atoms with Gasteiger partial charge in [0, 0.05) is 25.4 Å². The second kappa shape index (κ2) is 10.4.